The van der Waals surface area contributed by atoms with E-state index < -0.39 is 0 Å². The molecule has 0 fully saturated rings. The van der Waals surface area contributed by atoms with E-state index in [0.29, 0.717) is 11.8 Å². The van der Waals surface area contributed by atoms with E-state index in [-0.39, 0.29) is 17.9 Å². The molecule has 1 aliphatic carbocycles. The molecule has 0 spiro atoms. The lowest BCUT2D eigenvalue weighted by atomic mass is 9.86. The number of hydrogen-bond donors (Lipinski definition) is 0. The molecule has 0 aromatic heterocycles. The van der Waals surface area contributed by atoms with Crippen molar-refractivity contribution in [1.29, 1.82) is 0 Å². The van der Waals surface area contributed by atoms with Gasteiger partial charge in [0.1, 0.15) is 0 Å². The van der Waals surface area contributed by atoms with Crippen molar-refractivity contribution in [2.45, 2.75) is 59.4 Å². The second-order valence-electron chi connectivity index (χ2n) is 7.91. The topological polar surface area (TPSA) is 37.4 Å². The first-order valence-electron chi connectivity index (χ1n) is 9.07. The highest BCUT2D eigenvalue weighted by molar-refractivity contribution is 6.13. The van der Waals surface area contributed by atoms with Crippen LogP contribution in [0.2, 0.25) is 0 Å². The van der Waals surface area contributed by atoms with E-state index in [2.05, 4.69) is 39.8 Å². The maximum absolute atomic E-state index is 12.2. The van der Waals surface area contributed by atoms with Gasteiger partial charge in [0.15, 0.2) is 0 Å². The van der Waals surface area contributed by atoms with Gasteiger partial charge in [-0.05, 0) is 59.8 Å². The highest BCUT2D eigenvalue weighted by Crippen LogP contribution is 2.41. The van der Waals surface area contributed by atoms with Crippen LogP contribution < -0.4 is 0 Å². The standard InChI is InChI=1S/C21H27NO2/c1-13(2)11-16-6-5-15-7-8-18(21(15)17(16)12-14(3)4)22-19(23)9-10-20(22)24/h5-6,9-10,13-14,18H,7-8,11-12H2,1-4H3/t18-/m0/s1. The zero-order chi connectivity index (χ0) is 17.4. The summed E-state index contributed by atoms with van der Waals surface area (Å²) >= 11 is 0. The van der Waals surface area contributed by atoms with E-state index in [1.165, 1.54) is 39.3 Å². The SMILES string of the molecule is CC(C)Cc1ccc2c(c1CC(C)C)[C@@H](N1C(=O)C=CC1=O)CC2. The minimum Gasteiger partial charge on any atom is -0.269 e. The molecule has 3 rings (SSSR count). The lowest BCUT2D eigenvalue weighted by Crippen LogP contribution is -2.33. The van der Waals surface area contributed by atoms with Crippen molar-refractivity contribution in [2.24, 2.45) is 11.8 Å². The zero-order valence-electron chi connectivity index (χ0n) is 15.1. The first kappa shape index (κ1) is 16.9. The molecule has 1 aliphatic heterocycles. The molecule has 2 aliphatic rings. The molecule has 0 unspecified atom stereocenters. The van der Waals surface area contributed by atoms with E-state index in [1.54, 1.807) is 0 Å². The maximum atomic E-state index is 12.2. The van der Waals surface area contributed by atoms with Gasteiger partial charge in [-0.15, -0.1) is 0 Å². The smallest absolute Gasteiger partial charge is 0.254 e. The Morgan fingerprint density at radius 1 is 1.00 bits per heavy atom. The normalized spacial score (nSPS) is 19.9. The van der Waals surface area contributed by atoms with Gasteiger partial charge in [0.05, 0.1) is 6.04 Å². The van der Waals surface area contributed by atoms with Crippen molar-refractivity contribution >= 4 is 11.8 Å². The second-order valence-corrected chi connectivity index (χ2v) is 7.91. The van der Waals surface area contributed by atoms with Crippen LogP contribution in [0.15, 0.2) is 24.3 Å². The number of carbonyl (C=O) groups excluding carboxylic acids is 2. The summed E-state index contributed by atoms with van der Waals surface area (Å²) in [7, 11) is 0. The number of nitrogens with zero attached hydrogens (tertiary/aromatic N) is 1. The Kier molecular flexibility index (Phi) is 4.62. The van der Waals surface area contributed by atoms with Crippen molar-refractivity contribution in [3.63, 3.8) is 0 Å². The van der Waals surface area contributed by atoms with Crippen LogP contribution in [0, 0.1) is 11.8 Å². The molecule has 0 N–H and O–H groups in total. The van der Waals surface area contributed by atoms with Gasteiger partial charge in [-0.3, -0.25) is 14.5 Å². The third kappa shape index (κ3) is 3.04. The van der Waals surface area contributed by atoms with Crippen LogP contribution in [0.4, 0.5) is 0 Å². The minimum absolute atomic E-state index is 0.0872. The fourth-order valence-electron chi connectivity index (χ4n) is 4.09. The summed E-state index contributed by atoms with van der Waals surface area (Å²) < 4.78 is 0. The van der Waals surface area contributed by atoms with Gasteiger partial charge >= 0.3 is 0 Å². The summed E-state index contributed by atoms with van der Waals surface area (Å²) in [6, 6.07) is 4.40. The average molecular weight is 325 g/mol. The van der Waals surface area contributed by atoms with Crippen molar-refractivity contribution in [3.8, 4) is 0 Å². The Morgan fingerprint density at radius 3 is 2.21 bits per heavy atom. The van der Waals surface area contributed by atoms with Gasteiger partial charge in [-0.2, -0.15) is 0 Å². The van der Waals surface area contributed by atoms with Gasteiger partial charge in [0.2, 0.25) is 0 Å². The third-order valence-corrected chi connectivity index (χ3v) is 4.96. The van der Waals surface area contributed by atoms with E-state index in [0.717, 1.165) is 25.7 Å². The van der Waals surface area contributed by atoms with E-state index in [9.17, 15) is 9.59 Å². The molecular formula is C21H27NO2. The molecule has 0 bridgehead atoms. The summed E-state index contributed by atoms with van der Waals surface area (Å²) in [6.45, 7) is 8.94. The third-order valence-electron chi connectivity index (χ3n) is 4.96. The number of carbonyl (C=O) groups is 2. The molecule has 0 radical (unpaired) electrons. The molecule has 0 saturated heterocycles. The number of amides is 2. The molecule has 2 amide bonds. The summed E-state index contributed by atoms with van der Waals surface area (Å²) in [4.78, 5) is 25.9. The summed E-state index contributed by atoms with van der Waals surface area (Å²) in [5, 5.41) is 0. The Balaban J connectivity index is 2.07. The van der Waals surface area contributed by atoms with Gasteiger partial charge in [-0.25, -0.2) is 0 Å². The molecular weight excluding hydrogens is 298 g/mol. The molecule has 0 saturated carbocycles. The molecule has 3 heteroatoms. The first-order valence-corrected chi connectivity index (χ1v) is 9.07. The summed E-state index contributed by atoms with van der Waals surface area (Å²) in [5.74, 6) is 0.808. The molecule has 1 atom stereocenters. The van der Waals surface area contributed by atoms with Gasteiger partial charge in [0.25, 0.3) is 11.8 Å². The number of imide groups is 1. The Labute approximate surface area is 144 Å². The minimum atomic E-state index is -0.164. The second kappa shape index (κ2) is 6.54. The Morgan fingerprint density at radius 2 is 1.62 bits per heavy atom. The van der Waals surface area contributed by atoms with Crippen LogP contribution >= 0.6 is 0 Å². The maximum Gasteiger partial charge on any atom is 0.254 e. The number of fused-ring (bicyclic) bond motifs is 1. The largest absolute Gasteiger partial charge is 0.269 e. The van der Waals surface area contributed by atoms with Crippen molar-refractivity contribution < 1.29 is 9.59 Å². The fourth-order valence-corrected chi connectivity index (χ4v) is 4.09. The molecule has 3 nitrogen and oxygen atoms in total. The van der Waals surface area contributed by atoms with Gasteiger partial charge in [0, 0.05) is 12.2 Å². The van der Waals surface area contributed by atoms with Crippen LogP contribution in [0.1, 0.15) is 62.4 Å². The number of rotatable bonds is 5. The van der Waals surface area contributed by atoms with E-state index >= 15 is 0 Å². The summed E-state index contributed by atoms with van der Waals surface area (Å²) in [5.41, 5.74) is 5.34. The van der Waals surface area contributed by atoms with E-state index in [1.807, 2.05) is 0 Å². The van der Waals surface area contributed by atoms with Crippen LogP contribution in [-0.4, -0.2) is 16.7 Å². The highest BCUT2D eigenvalue weighted by Gasteiger charge is 2.38. The molecule has 1 aromatic rings. The quantitative estimate of drug-likeness (QED) is 0.768. The van der Waals surface area contributed by atoms with Gasteiger partial charge < -0.3 is 0 Å². The first-order chi connectivity index (χ1) is 11.4. The monoisotopic (exact) mass is 325 g/mol. The average Bonchev–Trinajstić information content (AvgIpc) is 3.04. The van der Waals surface area contributed by atoms with Crippen LogP contribution in [0.3, 0.4) is 0 Å². The van der Waals surface area contributed by atoms with Crippen molar-refractivity contribution in [2.75, 3.05) is 0 Å². The predicted molar refractivity (Wildman–Crippen MR) is 95.6 cm³/mol. The number of aryl methyl sites for hydroxylation is 1. The number of hydrogen-bond acceptors (Lipinski definition) is 2. The Bertz CT molecular complexity index is 682. The Hall–Kier alpha value is -1.90. The van der Waals surface area contributed by atoms with E-state index in [4.69, 9.17) is 0 Å². The fraction of sp³-hybridized carbons (Fsp3) is 0.524. The predicted octanol–water partition coefficient (Wildman–Crippen LogP) is 4.00. The van der Waals surface area contributed by atoms with Crippen LogP contribution in [-0.2, 0) is 28.9 Å². The van der Waals surface area contributed by atoms with Crippen molar-refractivity contribution in [1.82, 2.24) is 4.90 Å². The lowest BCUT2D eigenvalue weighted by Gasteiger charge is -2.27. The van der Waals surface area contributed by atoms with Crippen LogP contribution in [0.25, 0.3) is 0 Å². The summed E-state index contributed by atoms with van der Waals surface area (Å²) in [6.07, 6.45) is 6.66. The van der Waals surface area contributed by atoms with Gasteiger partial charge in [-0.1, -0.05) is 39.8 Å². The lowest BCUT2D eigenvalue weighted by molar-refractivity contribution is -0.139. The molecule has 128 valence electrons. The molecule has 1 aromatic carbocycles. The number of benzene rings is 1. The highest BCUT2D eigenvalue weighted by atomic mass is 16.2. The van der Waals surface area contributed by atoms with Crippen LogP contribution in [0.5, 0.6) is 0 Å². The zero-order valence-corrected chi connectivity index (χ0v) is 15.1. The van der Waals surface area contributed by atoms with Crippen molar-refractivity contribution in [3.05, 3.63) is 46.5 Å². The molecule has 24 heavy (non-hydrogen) atoms. The molecule has 1 heterocycles.